The predicted molar refractivity (Wildman–Crippen MR) is 74.3 cm³/mol. The van der Waals surface area contributed by atoms with Crippen LogP contribution in [0.5, 0.6) is 0 Å². The second kappa shape index (κ2) is 6.52. The summed E-state index contributed by atoms with van der Waals surface area (Å²) < 4.78 is 26.2. The van der Waals surface area contributed by atoms with Crippen molar-refractivity contribution in [2.45, 2.75) is 25.3 Å². The van der Waals surface area contributed by atoms with Crippen molar-refractivity contribution in [3.63, 3.8) is 0 Å². The van der Waals surface area contributed by atoms with Crippen LogP contribution in [0, 0.1) is 0 Å². The highest BCUT2D eigenvalue weighted by Crippen LogP contribution is 2.25. The van der Waals surface area contributed by atoms with Crippen molar-refractivity contribution in [3.8, 4) is 0 Å². The molecule has 4 nitrogen and oxygen atoms in total. The molecule has 6 heteroatoms. The van der Waals surface area contributed by atoms with Gasteiger partial charge >= 0.3 is 0 Å². The van der Waals surface area contributed by atoms with Gasteiger partial charge in [0.1, 0.15) is 4.90 Å². The van der Waals surface area contributed by atoms with Crippen LogP contribution in [0.1, 0.15) is 19.4 Å². The number of halogens is 1. The number of nitrogens with one attached hydrogen (secondary N) is 1. The number of nitrogens with zero attached hydrogens (tertiary/aromatic N) is 1. The summed E-state index contributed by atoms with van der Waals surface area (Å²) in [6.07, 6.45) is 0. The molecule has 1 aromatic carbocycles. The molecule has 0 amide bonds. The molecule has 0 aromatic heterocycles. The zero-order chi connectivity index (χ0) is 13.8. The Labute approximate surface area is 114 Å². The number of hydrogen-bond acceptors (Lipinski definition) is 3. The third-order valence-electron chi connectivity index (χ3n) is 2.70. The molecule has 0 aliphatic rings. The third-order valence-corrected chi connectivity index (χ3v) is 5.23. The van der Waals surface area contributed by atoms with Gasteiger partial charge in [-0.05, 0) is 24.7 Å². The molecule has 1 N–H and O–H groups in total. The van der Waals surface area contributed by atoms with Gasteiger partial charge in [0.2, 0.25) is 10.0 Å². The van der Waals surface area contributed by atoms with Crippen molar-refractivity contribution in [2.24, 2.45) is 0 Å². The first-order chi connectivity index (χ1) is 8.47. The van der Waals surface area contributed by atoms with Crippen LogP contribution < -0.4 is 5.32 Å². The molecule has 0 bridgehead atoms. The van der Waals surface area contributed by atoms with Crippen LogP contribution >= 0.6 is 11.6 Å². The van der Waals surface area contributed by atoms with Gasteiger partial charge in [0, 0.05) is 19.6 Å². The molecule has 0 radical (unpaired) electrons. The summed E-state index contributed by atoms with van der Waals surface area (Å²) in [7, 11) is -1.69. The maximum absolute atomic E-state index is 12.4. The average molecular weight is 291 g/mol. The van der Waals surface area contributed by atoms with Gasteiger partial charge < -0.3 is 5.32 Å². The van der Waals surface area contributed by atoms with Gasteiger partial charge in [0.15, 0.2) is 0 Å². The lowest BCUT2D eigenvalue weighted by Gasteiger charge is -2.19. The van der Waals surface area contributed by atoms with Gasteiger partial charge in [-0.15, -0.1) is 0 Å². The van der Waals surface area contributed by atoms with Crippen LogP contribution in [0.15, 0.2) is 23.1 Å². The lowest BCUT2D eigenvalue weighted by Crippen LogP contribution is -2.31. The minimum absolute atomic E-state index is 0.181. The van der Waals surface area contributed by atoms with Crippen LogP contribution in [0.3, 0.4) is 0 Å². The van der Waals surface area contributed by atoms with Crippen molar-refractivity contribution in [2.75, 3.05) is 20.1 Å². The second-order valence-electron chi connectivity index (χ2n) is 3.88. The average Bonchev–Trinajstić information content (AvgIpc) is 2.33. The van der Waals surface area contributed by atoms with Gasteiger partial charge in [0.25, 0.3) is 0 Å². The standard InChI is InChI=1S/C12H19ClN2O2S/c1-4-15(5-2)18(16,17)12-8-10(9-14-3)6-7-11(12)13/h6-8,14H,4-5,9H2,1-3H3. The summed E-state index contributed by atoms with van der Waals surface area (Å²) in [4.78, 5) is 0.181. The van der Waals surface area contributed by atoms with E-state index in [0.717, 1.165) is 5.56 Å². The quantitative estimate of drug-likeness (QED) is 0.873. The summed E-state index contributed by atoms with van der Waals surface area (Å²) in [5.41, 5.74) is 0.896. The molecular formula is C12H19ClN2O2S. The first-order valence-corrected chi connectivity index (χ1v) is 7.72. The Kier molecular flexibility index (Phi) is 5.59. The minimum atomic E-state index is -3.50. The van der Waals surface area contributed by atoms with E-state index in [1.54, 1.807) is 12.1 Å². The minimum Gasteiger partial charge on any atom is -0.316 e. The Morgan fingerprint density at radius 1 is 1.28 bits per heavy atom. The molecule has 0 spiro atoms. The molecule has 0 saturated heterocycles. The van der Waals surface area contributed by atoms with Crippen molar-refractivity contribution in [1.82, 2.24) is 9.62 Å². The SMILES string of the molecule is CCN(CC)S(=O)(=O)c1cc(CNC)ccc1Cl. The monoisotopic (exact) mass is 290 g/mol. The zero-order valence-electron chi connectivity index (χ0n) is 10.9. The van der Waals surface area contributed by atoms with E-state index in [9.17, 15) is 8.42 Å². The van der Waals surface area contributed by atoms with E-state index in [4.69, 9.17) is 11.6 Å². The Morgan fingerprint density at radius 3 is 2.39 bits per heavy atom. The molecule has 0 fully saturated rings. The molecule has 0 heterocycles. The topological polar surface area (TPSA) is 49.4 Å². The summed E-state index contributed by atoms with van der Waals surface area (Å²) in [5, 5.41) is 3.25. The summed E-state index contributed by atoms with van der Waals surface area (Å²) >= 11 is 6.01. The number of benzene rings is 1. The molecule has 0 unspecified atom stereocenters. The van der Waals surface area contributed by atoms with Crippen LogP contribution in [0.25, 0.3) is 0 Å². The van der Waals surface area contributed by atoms with E-state index in [2.05, 4.69) is 5.32 Å². The number of rotatable bonds is 6. The molecule has 0 saturated carbocycles. The molecular weight excluding hydrogens is 272 g/mol. The molecule has 0 aliphatic carbocycles. The highest BCUT2D eigenvalue weighted by molar-refractivity contribution is 7.89. The van der Waals surface area contributed by atoms with Crippen molar-refractivity contribution in [3.05, 3.63) is 28.8 Å². The highest BCUT2D eigenvalue weighted by atomic mass is 35.5. The van der Waals surface area contributed by atoms with Crippen LogP contribution in [-0.2, 0) is 16.6 Å². The Balaban J connectivity index is 3.26. The lowest BCUT2D eigenvalue weighted by atomic mass is 10.2. The third kappa shape index (κ3) is 3.23. The van der Waals surface area contributed by atoms with Gasteiger partial charge in [-0.25, -0.2) is 8.42 Å². The van der Waals surface area contributed by atoms with Gasteiger partial charge in [0.05, 0.1) is 5.02 Å². The van der Waals surface area contributed by atoms with E-state index in [1.807, 2.05) is 27.0 Å². The Hall–Kier alpha value is -0.620. The van der Waals surface area contributed by atoms with Gasteiger partial charge in [-0.1, -0.05) is 31.5 Å². The van der Waals surface area contributed by atoms with Crippen LogP contribution in [-0.4, -0.2) is 32.9 Å². The second-order valence-corrected chi connectivity index (χ2v) is 6.20. The van der Waals surface area contributed by atoms with E-state index in [0.29, 0.717) is 19.6 Å². The van der Waals surface area contributed by atoms with Crippen molar-refractivity contribution < 1.29 is 8.42 Å². The van der Waals surface area contributed by atoms with E-state index >= 15 is 0 Å². The fraction of sp³-hybridized carbons (Fsp3) is 0.500. The molecule has 0 aliphatic heterocycles. The normalized spacial score (nSPS) is 12.1. The Morgan fingerprint density at radius 2 is 1.89 bits per heavy atom. The molecule has 1 rings (SSSR count). The van der Waals surface area contributed by atoms with E-state index in [1.165, 1.54) is 4.31 Å². The maximum Gasteiger partial charge on any atom is 0.244 e. The molecule has 0 atom stereocenters. The first kappa shape index (κ1) is 15.4. The fourth-order valence-corrected chi connectivity index (χ4v) is 3.74. The summed E-state index contributed by atoms with van der Waals surface area (Å²) in [5.74, 6) is 0. The van der Waals surface area contributed by atoms with E-state index in [-0.39, 0.29) is 9.92 Å². The van der Waals surface area contributed by atoms with Crippen molar-refractivity contribution >= 4 is 21.6 Å². The molecule has 1 aromatic rings. The summed E-state index contributed by atoms with van der Waals surface area (Å²) in [6.45, 7) is 5.10. The summed E-state index contributed by atoms with van der Waals surface area (Å²) in [6, 6.07) is 5.08. The fourth-order valence-electron chi connectivity index (χ4n) is 1.76. The molecule has 18 heavy (non-hydrogen) atoms. The number of hydrogen-bond donors (Lipinski definition) is 1. The maximum atomic E-state index is 12.4. The van der Waals surface area contributed by atoms with Crippen molar-refractivity contribution in [1.29, 1.82) is 0 Å². The highest BCUT2D eigenvalue weighted by Gasteiger charge is 2.24. The number of sulfonamides is 1. The first-order valence-electron chi connectivity index (χ1n) is 5.90. The van der Waals surface area contributed by atoms with Crippen LogP contribution in [0.4, 0.5) is 0 Å². The lowest BCUT2D eigenvalue weighted by molar-refractivity contribution is 0.445. The zero-order valence-corrected chi connectivity index (χ0v) is 12.5. The largest absolute Gasteiger partial charge is 0.316 e. The van der Waals surface area contributed by atoms with E-state index < -0.39 is 10.0 Å². The smallest absolute Gasteiger partial charge is 0.244 e. The van der Waals surface area contributed by atoms with Gasteiger partial charge in [-0.3, -0.25) is 0 Å². The van der Waals surface area contributed by atoms with Crippen LogP contribution in [0.2, 0.25) is 5.02 Å². The van der Waals surface area contributed by atoms with Gasteiger partial charge in [-0.2, -0.15) is 4.31 Å². The molecule has 102 valence electrons. The predicted octanol–water partition coefficient (Wildman–Crippen LogP) is 2.09. The Bertz CT molecular complexity index is 499.